The highest BCUT2D eigenvalue weighted by atomic mass is 16.5. The van der Waals surface area contributed by atoms with Crippen LogP contribution in [-0.2, 0) is 4.74 Å². The Hall–Kier alpha value is -1.22. The second kappa shape index (κ2) is 4.57. The van der Waals surface area contributed by atoms with Gasteiger partial charge >= 0.3 is 0 Å². The number of nitrogen functional groups attached to an aromatic ring is 1. The largest absolute Gasteiger partial charge is 0.399 e. The van der Waals surface area contributed by atoms with Crippen molar-refractivity contribution in [3.63, 3.8) is 0 Å². The highest BCUT2D eigenvalue weighted by Gasteiger charge is 2.34. The van der Waals surface area contributed by atoms with Gasteiger partial charge in [0.2, 0.25) is 0 Å². The predicted molar refractivity (Wildman–Crippen MR) is 70.1 cm³/mol. The third-order valence-corrected chi connectivity index (χ3v) is 4.05. The topological polar surface area (TPSA) is 38.5 Å². The molecule has 2 unspecified atom stereocenters. The smallest absolute Gasteiger partial charge is 0.0641 e. The Balaban J connectivity index is 1.86. The molecule has 2 atom stereocenters. The Morgan fingerprint density at radius 3 is 2.82 bits per heavy atom. The van der Waals surface area contributed by atoms with Crippen LogP contribution in [0.15, 0.2) is 24.3 Å². The number of nitrogens with zero attached hydrogens (tertiary/aromatic N) is 1. The molecule has 1 aliphatic carbocycles. The molecule has 1 saturated carbocycles. The first-order valence-corrected chi connectivity index (χ1v) is 6.54. The molecule has 17 heavy (non-hydrogen) atoms. The summed E-state index contributed by atoms with van der Waals surface area (Å²) in [6.45, 7) is 2.79. The lowest BCUT2D eigenvalue weighted by Gasteiger charge is -2.32. The van der Waals surface area contributed by atoms with Gasteiger partial charge in [0.1, 0.15) is 0 Å². The Morgan fingerprint density at radius 2 is 2.00 bits per heavy atom. The fourth-order valence-corrected chi connectivity index (χ4v) is 3.17. The Labute approximate surface area is 103 Å². The lowest BCUT2D eigenvalue weighted by atomic mass is 10.0. The maximum Gasteiger partial charge on any atom is 0.0641 e. The van der Waals surface area contributed by atoms with Gasteiger partial charge in [-0.15, -0.1) is 0 Å². The van der Waals surface area contributed by atoms with E-state index in [0.717, 1.165) is 31.4 Å². The van der Waals surface area contributed by atoms with Crippen LogP contribution in [0.3, 0.4) is 0 Å². The van der Waals surface area contributed by atoms with Gasteiger partial charge in [-0.1, -0.05) is 6.42 Å². The van der Waals surface area contributed by atoms with E-state index in [-0.39, 0.29) is 0 Å². The molecule has 2 aliphatic rings. The molecule has 3 rings (SSSR count). The first kappa shape index (κ1) is 10.9. The molecular formula is C14H20N2O. The average Bonchev–Trinajstić information content (AvgIpc) is 2.71. The molecule has 92 valence electrons. The van der Waals surface area contributed by atoms with Crippen molar-refractivity contribution < 1.29 is 4.74 Å². The number of hydrogen-bond acceptors (Lipinski definition) is 3. The fourth-order valence-electron chi connectivity index (χ4n) is 3.17. The van der Waals surface area contributed by atoms with E-state index in [4.69, 9.17) is 10.5 Å². The molecular weight excluding hydrogens is 212 g/mol. The van der Waals surface area contributed by atoms with Crippen LogP contribution in [0.25, 0.3) is 0 Å². The molecule has 0 aromatic heterocycles. The van der Waals surface area contributed by atoms with E-state index in [1.807, 2.05) is 12.1 Å². The van der Waals surface area contributed by atoms with Gasteiger partial charge < -0.3 is 15.4 Å². The van der Waals surface area contributed by atoms with E-state index in [9.17, 15) is 0 Å². The zero-order valence-corrected chi connectivity index (χ0v) is 10.1. The Kier molecular flexibility index (Phi) is 2.93. The quantitative estimate of drug-likeness (QED) is 0.755. The summed E-state index contributed by atoms with van der Waals surface area (Å²) < 4.78 is 5.72. The van der Waals surface area contributed by atoms with Gasteiger partial charge in [0.05, 0.1) is 13.2 Å². The summed E-state index contributed by atoms with van der Waals surface area (Å²) in [7, 11) is 0. The third-order valence-electron chi connectivity index (χ3n) is 4.05. The first-order chi connectivity index (χ1) is 8.34. The van der Waals surface area contributed by atoms with E-state index in [2.05, 4.69) is 17.0 Å². The van der Waals surface area contributed by atoms with Crippen molar-refractivity contribution in [1.29, 1.82) is 0 Å². The van der Waals surface area contributed by atoms with E-state index >= 15 is 0 Å². The molecule has 1 aromatic carbocycles. The minimum Gasteiger partial charge on any atom is -0.399 e. The Morgan fingerprint density at radius 1 is 1.18 bits per heavy atom. The molecule has 1 aliphatic heterocycles. The Bertz CT molecular complexity index is 376. The molecule has 1 aromatic rings. The summed E-state index contributed by atoms with van der Waals surface area (Å²) in [6.07, 6.45) is 3.96. The van der Waals surface area contributed by atoms with Gasteiger partial charge in [-0.3, -0.25) is 0 Å². The van der Waals surface area contributed by atoms with Crippen molar-refractivity contribution in [2.45, 2.75) is 25.3 Å². The monoisotopic (exact) mass is 232 g/mol. The zero-order chi connectivity index (χ0) is 11.7. The summed E-state index contributed by atoms with van der Waals surface area (Å²) >= 11 is 0. The van der Waals surface area contributed by atoms with Crippen LogP contribution in [-0.4, -0.2) is 25.8 Å². The van der Waals surface area contributed by atoms with E-state index in [1.54, 1.807) is 0 Å². The van der Waals surface area contributed by atoms with Crippen molar-refractivity contribution in [2.24, 2.45) is 5.92 Å². The standard InChI is InChI=1S/C14H20N2O/c15-12-4-6-13(7-5-12)16-8-9-17-10-11-2-1-3-14(11)16/h4-7,11,14H,1-3,8-10,15H2. The number of anilines is 2. The number of ether oxygens (including phenoxy) is 1. The normalized spacial score (nSPS) is 28.8. The van der Waals surface area contributed by atoms with Crippen LogP contribution in [0.2, 0.25) is 0 Å². The van der Waals surface area contributed by atoms with Crippen molar-refractivity contribution in [2.75, 3.05) is 30.4 Å². The lowest BCUT2D eigenvalue weighted by molar-refractivity contribution is 0.121. The van der Waals surface area contributed by atoms with Gasteiger partial charge in [-0.2, -0.15) is 0 Å². The van der Waals surface area contributed by atoms with Crippen molar-refractivity contribution in [3.05, 3.63) is 24.3 Å². The molecule has 0 radical (unpaired) electrons. The molecule has 1 heterocycles. The van der Waals surface area contributed by atoms with E-state index in [1.165, 1.54) is 24.9 Å². The SMILES string of the molecule is Nc1ccc(N2CCOCC3CCCC32)cc1. The van der Waals surface area contributed by atoms with E-state index in [0.29, 0.717) is 6.04 Å². The minimum absolute atomic E-state index is 0.668. The maximum absolute atomic E-state index is 5.75. The lowest BCUT2D eigenvalue weighted by Crippen LogP contribution is -2.38. The highest BCUT2D eigenvalue weighted by Crippen LogP contribution is 2.34. The second-order valence-corrected chi connectivity index (χ2v) is 5.12. The van der Waals surface area contributed by atoms with Crippen molar-refractivity contribution in [3.8, 4) is 0 Å². The van der Waals surface area contributed by atoms with Crippen LogP contribution in [0.1, 0.15) is 19.3 Å². The molecule has 0 spiro atoms. The van der Waals surface area contributed by atoms with Gasteiger partial charge in [-0.05, 0) is 37.1 Å². The number of rotatable bonds is 1. The summed E-state index contributed by atoms with van der Waals surface area (Å²) in [6, 6.07) is 8.92. The summed E-state index contributed by atoms with van der Waals surface area (Å²) in [5, 5.41) is 0. The molecule has 0 amide bonds. The summed E-state index contributed by atoms with van der Waals surface area (Å²) in [4.78, 5) is 2.52. The van der Waals surface area contributed by atoms with Crippen LogP contribution < -0.4 is 10.6 Å². The maximum atomic E-state index is 5.75. The number of hydrogen-bond donors (Lipinski definition) is 1. The second-order valence-electron chi connectivity index (χ2n) is 5.12. The van der Waals surface area contributed by atoms with Gasteiger partial charge in [-0.25, -0.2) is 0 Å². The van der Waals surface area contributed by atoms with Crippen molar-refractivity contribution >= 4 is 11.4 Å². The average molecular weight is 232 g/mol. The van der Waals surface area contributed by atoms with Gasteiger partial charge in [0.15, 0.2) is 0 Å². The summed E-state index contributed by atoms with van der Waals surface area (Å²) in [5.41, 5.74) is 7.88. The van der Waals surface area contributed by atoms with Crippen molar-refractivity contribution in [1.82, 2.24) is 0 Å². The molecule has 2 fully saturated rings. The van der Waals surface area contributed by atoms with E-state index < -0.39 is 0 Å². The van der Waals surface area contributed by atoms with Crippen LogP contribution >= 0.6 is 0 Å². The highest BCUT2D eigenvalue weighted by molar-refractivity contribution is 5.54. The molecule has 2 N–H and O–H groups in total. The predicted octanol–water partition coefficient (Wildman–Crippen LogP) is 2.27. The molecule has 0 bridgehead atoms. The zero-order valence-electron chi connectivity index (χ0n) is 10.1. The molecule has 1 saturated heterocycles. The third kappa shape index (κ3) is 2.12. The molecule has 3 nitrogen and oxygen atoms in total. The summed E-state index contributed by atoms with van der Waals surface area (Å²) in [5.74, 6) is 0.718. The van der Waals surface area contributed by atoms with Crippen LogP contribution in [0, 0.1) is 5.92 Å². The van der Waals surface area contributed by atoms with Crippen LogP contribution in [0.4, 0.5) is 11.4 Å². The number of benzene rings is 1. The van der Waals surface area contributed by atoms with Gasteiger partial charge in [0, 0.05) is 29.9 Å². The van der Waals surface area contributed by atoms with Gasteiger partial charge in [0.25, 0.3) is 0 Å². The molecule has 3 heteroatoms. The fraction of sp³-hybridized carbons (Fsp3) is 0.571. The number of nitrogens with two attached hydrogens (primary N) is 1. The minimum atomic E-state index is 0.668. The number of fused-ring (bicyclic) bond motifs is 1. The van der Waals surface area contributed by atoms with Crippen LogP contribution in [0.5, 0.6) is 0 Å². The first-order valence-electron chi connectivity index (χ1n) is 6.54.